The van der Waals surface area contributed by atoms with Crippen LogP contribution in [0.25, 0.3) is 10.7 Å². The molecular formula is C12H12N4S. The largest absolute Gasteiger partial charge is 0.355 e. The van der Waals surface area contributed by atoms with Crippen molar-refractivity contribution in [2.75, 3.05) is 18.0 Å². The molecule has 4 nitrogen and oxygen atoms in total. The maximum atomic E-state index is 4.50. The number of fused-ring (bicyclic) bond motifs is 1. The predicted molar refractivity (Wildman–Crippen MR) is 67.0 cm³/mol. The van der Waals surface area contributed by atoms with Crippen molar-refractivity contribution < 1.29 is 0 Å². The molecular weight excluding hydrogens is 232 g/mol. The molecule has 1 aliphatic heterocycles. The quantitative estimate of drug-likeness (QED) is 0.811. The molecule has 1 saturated carbocycles. The number of anilines is 1. The lowest BCUT2D eigenvalue weighted by Gasteiger charge is -2.18. The van der Waals surface area contributed by atoms with Crippen LogP contribution < -0.4 is 4.90 Å². The highest BCUT2D eigenvalue weighted by atomic mass is 32.1. The van der Waals surface area contributed by atoms with Crippen LogP contribution in [0.15, 0.2) is 24.0 Å². The fraction of sp³-hybridized carbons (Fsp3) is 0.417. The van der Waals surface area contributed by atoms with Crippen molar-refractivity contribution in [1.82, 2.24) is 15.0 Å². The van der Waals surface area contributed by atoms with E-state index in [1.54, 1.807) is 17.5 Å². The van der Waals surface area contributed by atoms with E-state index in [9.17, 15) is 0 Å². The van der Waals surface area contributed by atoms with Gasteiger partial charge in [-0.05, 0) is 18.3 Å². The van der Waals surface area contributed by atoms with Crippen LogP contribution in [0.4, 0.5) is 5.82 Å². The molecule has 5 heteroatoms. The van der Waals surface area contributed by atoms with Gasteiger partial charge in [-0.1, -0.05) is 0 Å². The van der Waals surface area contributed by atoms with Crippen LogP contribution in [0.2, 0.25) is 0 Å². The number of hydrogen-bond donors (Lipinski definition) is 0. The lowest BCUT2D eigenvalue weighted by atomic mass is 10.4. The summed E-state index contributed by atoms with van der Waals surface area (Å²) in [6, 6.07) is 0. The minimum atomic E-state index is 0.869. The van der Waals surface area contributed by atoms with Crippen molar-refractivity contribution >= 4 is 17.2 Å². The summed E-state index contributed by atoms with van der Waals surface area (Å²) in [6.07, 6.45) is 6.92. The van der Waals surface area contributed by atoms with Gasteiger partial charge in [-0.2, -0.15) is 0 Å². The fourth-order valence-corrected chi connectivity index (χ4v) is 3.13. The van der Waals surface area contributed by atoms with E-state index in [1.165, 1.54) is 6.42 Å². The molecule has 0 N–H and O–H groups in total. The van der Waals surface area contributed by atoms with Gasteiger partial charge in [-0.3, -0.25) is 0 Å². The zero-order valence-corrected chi connectivity index (χ0v) is 10.1. The van der Waals surface area contributed by atoms with Crippen molar-refractivity contribution in [3.63, 3.8) is 0 Å². The van der Waals surface area contributed by atoms with E-state index in [0.717, 1.165) is 41.4 Å². The summed E-state index contributed by atoms with van der Waals surface area (Å²) in [6.45, 7) is 2.33. The molecule has 2 aromatic rings. The van der Waals surface area contributed by atoms with E-state index >= 15 is 0 Å². The maximum absolute atomic E-state index is 4.50. The lowest BCUT2D eigenvalue weighted by Crippen LogP contribution is -2.22. The van der Waals surface area contributed by atoms with Crippen LogP contribution in [-0.4, -0.2) is 28.0 Å². The van der Waals surface area contributed by atoms with Gasteiger partial charge in [-0.15, -0.1) is 11.3 Å². The molecule has 2 unspecified atom stereocenters. The Labute approximate surface area is 103 Å². The highest BCUT2D eigenvalue weighted by Crippen LogP contribution is 2.45. The third-order valence-electron chi connectivity index (χ3n) is 3.59. The first kappa shape index (κ1) is 9.53. The number of nitrogens with zero attached hydrogens (tertiary/aromatic N) is 4. The van der Waals surface area contributed by atoms with Crippen molar-refractivity contribution in [3.05, 3.63) is 24.0 Å². The van der Waals surface area contributed by atoms with Gasteiger partial charge in [0.05, 0.1) is 12.4 Å². The zero-order chi connectivity index (χ0) is 11.2. The summed E-state index contributed by atoms with van der Waals surface area (Å²) < 4.78 is 0. The molecule has 86 valence electrons. The Bertz CT molecular complexity index is 512. The van der Waals surface area contributed by atoms with E-state index < -0.39 is 0 Å². The van der Waals surface area contributed by atoms with Crippen LogP contribution in [0.1, 0.15) is 6.42 Å². The minimum Gasteiger partial charge on any atom is -0.355 e. The number of aromatic nitrogens is 3. The second kappa shape index (κ2) is 3.50. The second-order valence-corrected chi connectivity index (χ2v) is 5.65. The molecule has 0 bridgehead atoms. The Balaban J connectivity index is 1.58. The molecule has 2 aliphatic rings. The molecule has 4 rings (SSSR count). The Hall–Kier alpha value is -1.49. The summed E-state index contributed by atoms with van der Waals surface area (Å²) >= 11 is 1.59. The first-order valence-corrected chi connectivity index (χ1v) is 6.75. The van der Waals surface area contributed by atoms with Gasteiger partial charge >= 0.3 is 0 Å². The Morgan fingerprint density at radius 2 is 2.00 bits per heavy atom. The average Bonchev–Trinajstić information content (AvgIpc) is 2.86. The van der Waals surface area contributed by atoms with Gasteiger partial charge in [0.15, 0.2) is 0 Å². The number of rotatable bonds is 2. The van der Waals surface area contributed by atoms with Crippen LogP contribution in [0, 0.1) is 11.8 Å². The highest BCUT2D eigenvalue weighted by Gasteiger charge is 2.45. The normalized spacial score (nSPS) is 26.0. The van der Waals surface area contributed by atoms with Gasteiger partial charge < -0.3 is 4.90 Å². The van der Waals surface area contributed by atoms with Crippen molar-refractivity contribution in [2.45, 2.75) is 6.42 Å². The molecule has 0 radical (unpaired) electrons. The van der Waals surface area contributed by atoms with Crippen molar-refractivity contribution in [1.29, 1.82) is 0 Å². The SMILES string of the molecule is c1csc(-c2cnc(N3CC4CC4C3)cn2)n1. The standard InChI is InChI=1S/C12H12N4S/c1-2-17-12(13-1)10-4-15-11(5-14-10)16-6-8-3-9(8)7-16/h1-2,4-5,8-9H,3,6-7H2. The Morgan fingerprint density at radius 1 is 1.12 bits per heavy atom. The third kappa shape index (κ3) is 1.61. The third-order valence-corrected chi connectivity index (χ3v) is 4.39. The van der Waals surface area contributed by atoms with E-state index in [0.29, 0.717) is 0 Å². The van der Waals surface area contributed by atoms with Crippen LogP contribution in [0.3, 0.4) is 0 Å². The highest BCUT2D eigenvalue weighted by molar-refractivity contribution is 7.13. The first-order chi connectivity index (χ1) is 8.40. The monoisotopic (exact) mass is 244 g/mol. The number of hydrogen-bond acceptors (Lipinski definition) is 5. The van der Waals surface area contributed by atoms with E-state index in [2.05, 4.69) is 19.9 Å². The molecule has 17 heavy (non-hydrogen) atoms. The van der Waals surface area contributed by atoms with Gasteiger partial charge in [0.25, 0.3) is 0 Å². The van der Waals surface area contributed by atoms with Crippen molar-refractivity contribution in [2.24, 2.45) is 11.8 Å². The molecule has 1 aliphatic carbocycles. The predicted octanol–water partition coefficient (Wildman–Crippen LogP) is 2.06. The Kier molecular flexibility index (Phi) is 1.96. The van der Waals surface area contributed by atoms with Gasteiger partial charge in [0.1, 0.15) is 16.5 Å². The molecule has 2 aromatic heterocycles. The van der Waals surface area contributed by atoms with Crippen LogP contribution in [-0.2, 0) is 0 Å². The summed E-state index contributed by atoms with van der Waals surface area (Å²) in [5.74, 6) is 2.86. The molecule has 1 saturated heterocycles. The minimum absolute atomic E-state index is 0.869. The molecule has 0 spiro atoms. The smallest absolute Gasteiger partial charge is 0.147 e. The number of thiazole rings is 1. The molecule has 0 aromatic carbocycles. The summed E-state index contributed by atoms with van der Waals surface area (Å²) in [4.78, 5) is 15.5. The van der Waals surface area contributed by atoms with E-state index in [4.69, 9.17) is 0 Å². The van der Waals surface area contributed by atoms with Gasteiger partial charge in [-0.25, -0.2) is 15.0 Å². The molecule has 3 heterocycles. The number of piperidine rings is 1. The van der Waals surface area contributed by atoms with E-state index in [-0.39, 0.29) is 0 Å². The average molecular weight is 244 g/mol. The fourth-order valence-electron chi connectivity index (χ4n) is 2.53. The molecule has 2 atom stereocenters. The summed E-state index contributed by atoms with van der Waals surface area (Å²) in [5.41, 5.74) is 0.869. The van der Waals surface area contributed by atoms with E-state index in [1.807, 2.05) is 17.8 Å². The summed E-state index contributed by atoms with van der Waals surface area (Å²) in [5, 5.41) is 2.90. The first-order valence-electron chi connectivity index (χ1n) is 5.87. The lowest BCUT2D eigenvalue weighted by molar-refractivity contribution is 0.802. The molecule has 0 amide bonds. The second-order valence-electron chi connectivity index (χ2n) is 4.76. The van der Waals surface area contributed by atoms with Crippen LogP contribution in [0.5, 0.6) is 0 Å². The maximum Gasteiger partial charge on any atom is 0.147 e. The topological polar surface area (TPSA) is 41.9 Å². The zero-order valence-electron chi connectivity index (χ0n) is 9.28. The Morgan fingerprint density at radius 3 is 2.65 bits per heavy atom. The van der Waals surface area contributed by atoms with Crippen molar-refractivity contribution in [3.8, 4) is 10.7 Å². The van der Waals surface area contributed by atoms with Gasteiger partial charge in [0.2, 0.25) is 0 Å². The van der Waals surface area contributed by atoms with Crippen LogP contribution >= 0.6 is 11.3 Å². The summed E-state index contributed by atoms with van der Waals surface area (Å²) in [7, 11) is 0. The molecule has 2 fully saturated rings. The van der Waals surface area contributed by atoms with Gasteiger partial charge in [0, 0.05) is 24.7 Å².